The molecule has 2 fully saturated rings. The third kappa shape index (κ3) is 4.96. The van der Waals surface area contributed by atoms with Crippen molar-refractivity contribution >= 4 is 0 Å². The van der Waals surface area contributed by atoms with E-state index in [2.05, 4.69) is 53.4 Å². The molecule has 0 radical (unpaired) electrons. The summed E-state index contributed by atoms with van der Waals surface area (Å²) in [5, 5.41) is 0. The first-order valence-corrected chi connectivity index (χ1v) is 9.46. The van der Waals surface area contributed by atoms with Crippen molar-refractivity contribution in [1.29, 1.82) is 0 Å². The van der Waals surface area contributed by atoms with Crippen molar-refractivity contribution < 1.29 is 4.74 Å². The van der Waals surface area contributed by atoms with Crippen molar-refractivity contribution in [2.45, 2.75) is 98.8 Å². The Morgan fingerprint density at radius 3 is 1.82 bits per heavy atom. The zero-order valence-electron chi connectivity index (χ0n) is 16.1. The molecule has 1 heterocycles. The second-order valence-corrected chi connectivity index (χ2v) is 9.94. The van der Waals surface area contributed by atoms with Crippen molar-refractivity contribution in [3.63, 3.8) is 0 Å². The van der Waals surface area contributed by atoms with Crippen LogP contribution in [0.3, 0.4) is 0 Å². The minimum absolute atomic E-state index is 0.402. The van der Waals surface area contributed by atoms with Gasteiger partial charge in [0.1, 0.15) is 0 Å². The lowest BCUT2D eigenvalue weighted by Gasteiger charge is -2.46. The maximum Gasteiger partial charge on any atom is 0.0678 e. The quantitative estimate of drug-likeness (QED) is 0.717. The van der Waals surface area contributed by atoms with Gasteiger partial charge in [-0.1, -0.05) is 34.6 Å². The number of hydrogen-bond donors (Lipinski definition) is 0. The van der Waals surface area contributed by atoms with Crippen molar-refractivity contribution in [3.05, 3.63) is 0 Å². The molecule has 2 aliphatic rings. The van der Waals surface area contributed by atoms with E-state index in [9.17, 15) is 0 Å². The molecular weight excluding hydrogens is 270 g/mol. The molecule has 0 spiro atoms. The summed E-state index contributed by atoms with van der Waals surface area (Å²) in [6, 6.07) is 0.801. The van der Waals surface area contributed by atoms with E-state index in [1.165, 1.54) is 32.1 Å². The minimum atomic E-state index is 0.402. The van der Waals surface area contributed by atoms with Gasteiger partial charge in [0.05, 0.1) is 12.2 Å². The molecule has 22 heavy (non-hydrogen) atoms. The van der Waals surface area contributed by atoms with Gasteiger partial charge in [-0.15, -0.1) is 0 Å². The lowest BCUT2D eigenvalue weighted by atomic mass is 9.64. The molecule has 1 aliphatic carbocycles. The predicted molar refractivity (Wildman–Crippen MR) is 95.2 cm³/mol. The predicted octanol–water partition coefficient (Wildman–Crippen LogP) is 5.12. The summed E-state index contributed by atoms with van der Waals surface area (Å²) in [7, 11) is 0. The van der Waals surface area contributed by atoms with Crippen LogP contribution in [0.2, 0.25) is 0 Å². The maximum atomic E-state index is 5.90. The highest BCUT2D eigenvalue weighted by atomic mass is 16.5. The molecule has 130 valence electrons. The second-order valence-electron chi connectivity index (χ2n) is 9.94. The van der Waals surface area contributed by atoms with E-state index in [1.807, 2.05) is 0 Å². The van der Waals surface area contributed by atoms with E-state index in [0.717, 1.165) is 25.0 Å². The van der Waals surface area contributed by atoms with Gasteiger partial charge in [-0.05, 0) is 62.7 Å². The van der Waals surface area contributed by atoms with Crippen LogP contribution in [0, 0.1) is 16.7 Å². The Bertz CT molecular complexity index is 339. The number of hydrogen-bond acceptors (Lipinski definition) is 2. The number of rotatable bonds is 3. The van der Waals surface area contributed by atoms with Gasteiger partial charge in [0.25, 0.3) is 0 Å². The summed E-state index contributed by atoms with van der Waals surface area (Å²) in [4.78, 5) is 2.71. The SMILES string of the molecule is CC1CN(C2CCC(C(C)(C)CC(C)(C)C)CC2)CC(C)O1. The van der Waals surface area contributed by atoms with Gasteiger partial charge >= 0.3 is 0 Å². The first-order chi connectivity index (χ1) is 10.1. The molecular formula is C20H39NO. The van der Waals surface area contributed by atoms with Crippen molar-refractivity contribution in [2.75, 3.05) is 13.1 Å². The fourth-order valence-electron chi connectivity index (χ4n) is 5.25. The van der Waals surface area contributed by atoms with Gasteiger partial charge in [0.2, 0.25) is 0 Å². The lowest BCUT2D eigenvalue weighted by Crippen LogP contribution is -2.51. The zero-order chi connectivity index (χ0) is 16.5. The normalized spacial score (nSPS) is 35.6. The third-order valence-electron chi connectivity index (χ3n) is 5.75. The molecule has 0 bridgehead atoms. The summed E-state index contributed by atoms with van der Waals surface area (Å²) in [6.45, 7) is 18.9. The molecule has 2 atom stereocenters. The van der Waals surface area contributed by atoms with Gasteiger partial charge in [0, 0.05) is 19.1 Å². The summed E-state index contributed by atoms with van der Waals surface area (Å²) in [5.41, 5.74) is 0.921. The maximum absolute atomic E-state index is 5.90. The van der Waals surface area contributed by atoms with Crippen LogP contribution in [0.5, 0.6) is 0 Å². The van der Waals surface area contributed by atoms with E-state index in [1.54, 1.807) is 0 Å². The molecule has 0 aromatic heterocycles. The van der Waals surface area contributed by atoms with Crippen molar-refractivity contribution in [2.24, 2.45) is 16.7 Å². The molecule has 1 saturated heterocycles. The molecule has 0 N–H and O–H groups in total. The monoisotopic (exact) mass is 309 g/mol. The van der Waals surface area contributed by atoms with Gasteiger partial charge in [0.15, 0.2) is 0 Å². The van der Waals surface area contributed by atoms with Crippen LogP contribution in [-0.2, 0) is 4.74 Å². The van der Waals surface area contributed by atoms with E-state index in [0.29, 0.717) is 23.0 Å². The largest absolute Gasteiger partial charge is 0.373 e. The van der Waals surface area contributed by atoms with Crippen LogP contribution >= 0.6 is 0 Å². The Hall–Kier alpha value is -0.0800. The molecule has 0 aromatic rings. The topological polar surface area (TPSA) is 12.5 Å². The molecule has 2 nitrogen and oxygen atoms in total. The van der Waals surface area contributed by atoms with E-state index in [4.69, 9.17) is 4.74 Å². The highest BCUT2D eigenvalue weighted by Gasteiger charge is 2.38. The first-order valence-electron chi connectivity index (χ1n) is 9.46. The highest BCUT2D eigenvalue weighted by Crippen LogP contribution is 2.45. The van der Waals surface area contributed by atoms with Crippen LogP contribution in [0.4, 0.5) is 0 Å². The fourth-order valence-corrected chi connectivity index (χ4v) is 5.25. The molecule has 0 aromatic carbocycles. The van der Waals surface area contributed by atoms with Crippen LogP contribution in [0.1, 0.15) is 80.6 Å². The van der Waals surface area contributed by atoms with Gasteiger partial charge < -0.3 is 4.74 Å². The number of morpholine rings is 1. The van der Waals surface area contributed by atoms with E-state index >= 15 is 0 Å². The highest BCUT2D eigenvalue weighted by molar-refractivity contribution is 4.90. The van der Waals surface area contributed by atoms with Gasteiger partial charge in [-0.25, -0.2) is 0 Å². The Kier molecular flexibility index (Phi) is 5.65. The molecule has 2 unspecified atom stereocenters. The van der Waals surface area contributed by atoms with E-state index in [-0.39, 0.29) is 0 Å². The summed E-state index contributed by atoms with van der Waals surface area (Å²) < 4.78 is 5.90. The summed E-state index contributed by atoms with van der Waals surface area (Å²) in [5.74, 6) is 0.902. The van der Waals surface area contributed by atoms with Crippen LogP contribution in [0.25, 0.3) is 0 Å². The first kappa shape index (κ1) is 18.3. The zero-order valence-corrected chi connectivity index (χ0v) is 16.1. The van der Waals surface area contributed by atoms with Crippen molar-refractivity contribution in [1.82, 2.24) is 4.90 Å². The lowest BCUT2D eigenvalue weighted by molar-refractivity contribution is -0.0875. The molecule has 1 saturated carbocycles. The average Bonchev–Trinajstić information content (AvgIpc) is 2.35. The Morgan fingerprint density at radius 2 is 1.36 bits per heavy atom. The number of nitrogens with zero attached hydrogens (tertiary/aromatic N) is 1. The summed E-state index contributed by atoms with van der Waals surface area (Å²) >= 11 is 0. The Morgan fingerprint density at radius 1 is 0.864 bits per heavy atom. The van der Waals surface area contributed by atoms with Gasteiger partial charge in [-0.3, -0.25) is 4.90 Å². The molecule has 2 rings (SSSR count). The average molecular weight is 310 g/mol. The second kappa shape index (κ2) is 6.81. The summed E-state index contributed by atoms with van der Waals surface area (Å²) in [6.07, 6.45) is 7.73. The van der Waals surface area contributed by atoms with Crippen LogP contribution in [-0.4, -0.2) is 36.2 Å². The molecule has 0 amide bonds. The smallest absolute Gasteiger partial charge is 0.0678 e. The Labute approximate surface area is 139 Å². The third-order valence-corrected chi connectivity index (χ3v) is 5.75. The fraction of sp³-hybridized carbons (Fsp3) is 1.00. The Balaban J connectivity index is 1.87. The number of ether oxygens (including phenoxy) is 1. The van der Waals surface area contributed by atoms with Crippen molar-refractivity contribution in [3.8, 4) is 0 Å². The molecule has 1 aliphatic heterocycles. The minimum Gasteiger partial charge on any atom is -0.373 e. The van der Waals surface area contributed by atoms with Crippen LogP contribution in [0.15, 0.2) is 0 Å². The van der Waals surface area contributed by atoms with Gasteiger partial charge in [-0.2, -0.15) is 0 Å². The van der Waals surface area contributed by atoms with Crippen LogP contribution < -0.4 is 0 Å². The standard InChI is InChI=1S/C20H39NO/c1-15-12-21(13-16(2)22-15)18-10-8-17(9-11-18)20(6,7)14-19(3,4)5/h15-18H,8-14H2,1-7H3. The van der Waals surface area contributed by atoms with E-state index < -0.39 is 0 Å². The molecule has 2 heteroatoms.